The van der Waals surface area contributed by atoms with Gasteiger partial charge in [0.2, 0.25) is 0 Å². The number of benzene rings is 3. The highest BCUT2D eigenvalue weighted by Crippen LogP contribution is 2.35. The zero-order valence-corrected chi connectivity index (χ0v) is 21.1. The Hall–Kier alpha value is -3.53. The van der Waals surface area contributed by atoms with Crippen LogP contribution in [0.2, 0.25) is 5.02 Å². The Labute approximate surface area is 217 Å². The average Bonchev–Trinajstić information content (AvgIpc) is 3.19. The maximum Gasteiger partial charge on any atom is 0.355 e. The van der Waals surface area contributed by atoms with E-state index in [1.54, 1.807) is 48.5 Å². The average molecular weight is 571 g/mol. The van der Waals surface area contributed by atoms with Crippen molar-refractivity contribution in [1.29, 1.82) is 0 Å². The van der Waals surface area contributed by atoms with Crippen molar-refractivity contribution in [2.24, 2.45) is 5.10 Å². The number of hydrogen-bond donors (Lipinski definition) is 2. The Balaban J connectivity index is 1.31. The van der Waals surface area contributed by atoms with Gasteiger partial charge in [-0.15, -0.1) is 11.3 Å². The second-order valence-electron chi connectivity index (χ2n) is 7.19. The van der Waals surface area contributed by atoms with Gasteiger partial charge in [-0.2, -0.15) is 5.10 Å². The fraction of sp³-hybridized carbons (Fsp3) is 0.0400. The van der Waals surface area contributed by atoms with E-state index in [0.717, 1.165) is 14.6 Å². The Morgan fingerprint density at radius 1 is 1.03 bits per heavy atom. The van der Waals surface area contributed by atoms with Crippen molar-refractivity contribution in [2.75, 3.05) is 6.54 Å². The monoisotopic (exact) mass is 569 g/mol. The van der Waals surface area contributed by atoms with E-state index in [1.165, 1.54) is 17.6 Å². The summed E-state index contributed by atoms with van der Waals surface area (Å²) in [7, 11) is 0. The van der Waals surface area contributed by atoms with Gasteiger partial charge in [0.05, 0.1) is 17.8 Å². The highest BCUT2D eigenvalue weighted by atomic mass is 79.9. The number of nitrogens with one attached hydrogen (secondary N) is 2. The Bertz CT molecular complexity index is 1450. The number of esters is 1. The molecule has 4 aromatic rings. The number of carbonyl (C=O) groups is 3. The molecule has 10 heteroatoms. The van der Waals surface area contributed by atoms with Gasteiger partial charge >= 0.3 is 5.97 Å². The lowest BCUT2D eigenvalue weighted by Crippen LogP contribution is -2.34. The van der Waals surface area contributed by atoms with E-state index in [1.807, 2.05) is 24.3 Å². The lowest BCUT2D eigenvalue weighted by molar-refractivity contribution is -0.120. The molecule has 1 heterocycles. The topological polar surface area (TPSA) is 96.9 Å². The summed E-state index contributed by atoms with van der Waals surface area (Å²) in [6.07, 6.45) is 1.40. The lowest BCUT2D eigenvalue weighted by atomic mass is 10.2. The van der Waals surface area contributed by atoms with Crippen LogP contribution in [0.4, 0.5) is 0 Å². The SMILES string of the molecule is O=C(CNC(=O)c1cccc(Br)c1)NN=Cc1cccc(OC(=O)c2sc3ccccc3c2Cl)c1. The number of rotatable bonds is 7. The number of halogens is 2. The summed E-state index contributed by atoms with van der Waals surface area (Å²) in [5, 5.41) is 7.57. The first-order chi connectivity index (χ1) is 16.9. The predicted molar refractivity (Wildman–Crippen MR) is 140 cm³/mol. The Morgan fingerprint density at radius 2 is 1.83 bits per heavy atom. The van der Waals surface area contributed by atoms with E-state index in [2.05, 4.69) is 31.8 Å². The minimum atomic E-state index is -0.556. The van der Waals surface area contributed by atoms with Gasteiger partial charge in [0.15, 0.2) is 0 Å². The number of carbonyl (C=O) groups excluding carboxylic acids is 3. The van der Waals surface area contributed by atoms with Gasteiger partial charge in [0.1, 0.15) is 10.6 Å². The lowest BCUT2D eigenvalue weighted by Gasteiger charge is -2.05. The smallest absolute Gasteiger partial charge is 0.355 e. The summed E-state index contributed by atoms with van der Waals surface area (Å²) in [4.78, 5) is 37.0. The van der Waals surface area contributed by atoms with Crippen LogP contribution in [0.15, 0.2) is 82.4 Å². The van der Waals surface area contributed by atoms with E-state index in [9.17, 15) is 14.4 Å². The fourth-order valence-corrected chi connectivity index (χ4v) is 4.85. The molecule has 0 bridgehead atoms. The zero-order chi connectivity index (χ0) is 24.8. The van der Waals surface area contributed by atoms with Crippen LogP contribution in [-0.4, -0.2) is 30.5 Å². The molecule has 0 radical (unpaired) electrons. The zero-order valence-electron chi connectivity index (χ0n) is 18.0. The number of thiophene rings is 1. The van der Waals surface area contributed by atoms with Crippen LogP contribution in [0.1, 0.15) is 25.6 Å². The highest BCUT2D eigenvalue weighted by molar-refractivity contribution is 9.10. The van der Waals surface area contributed by atoms with Crippen molar-refractivity contribution in [3.63, 3.8) is 0 Å². The molecule has 7 nitrogen and oxygen atoms in total. The van der Waals surface area contributed by atoms with Crippen LogP contribution >= 0.6 is 38.9 Å². The van der Waals surface area contributed by atoms with Crippen molar-refractivity contribution in [3.8, 4) is 5.75 Å². The molecule has 0 unspecified atom stereocenters. The van der Waals surface area contributed by atoms with Crippen LogP contribution in [0.3, 0.4) is 0 Å². The van der Waals surface area contributed by atoms with Gasteiger partial charge in [0.25, 0.3) is 11.8 Å². The molecule has 4 rings (SSSR count). The molecule has 0 aliphatic heterocycles. The number of amides is 2. The first kappa shape index (κ1) is 24.6. The molecular formula is C25H17BrClN3O4S. The number of fused-ring (bicyclic) bond motifs is 1. The molecule has 0 aliphatic rings. The predicted octanol–water partition coefficient (Wildman–Crippen LogP) is 5.42. The molecule has 0 saturated heterocycles. The number of hydrazone groups is 1. The van der Waals surface area contributed by atoms with E-state index in [4.69, 9.17) is 16.3 Å². The molecule has 2 amide bonds. The summed E-state index contributed by atoms with van der Waals surface area (Å²) in [5.74, 6) is -1.12. The van der Waals surface area contributed by atoms with E-state index >= 15 is 0 Å². The largest absolute Gasteiger partial charge is 0.422 e. The quantitative estimate of drug-likeness (QED) is 0.134. The van der Waals surface area contributed by atoms with Gasteiger partial charge < -0.3 is 10.1 Å². The van der Waals surface area contributed by atoms with Crippen molar-refractivity contribution < 1.29 is 19.1 Å². The van der Waals surface area contributed by atoms with Crippen LogP contribution in [0.5, 0.6) is 5.75 Å². The maximum absolute atomic E-state index is 12.6. The Morgan fingerprint density at radius 3 is 2.63 bits per heavy atom. The van der Waals surface area contributed by atoms with Crippen molar-refractivity contribution in [2.45, 2.75) is 0 Å². The van der Waals surface area contributed by atoms with Gasteiger partial charge in [-0.1, -0.05) is 63.9 Å². The number of hydrogen-bond acceptors (Lipinski definition) is 6. The summed E-state index contributed by atoms with van der Waals surface area (Å²) >= 11 is 10.9. The van der Waals surface area contributed by atoms with Gasteiger partial charge in [0, 0.05) is 20.1 Å². The minimum absolute atomic E-state index is 0.240. The summed E-state index contributed by atoms with van der Waals surface area (Å²) in [6, 6.07) is 20.9. The first-order valence-electron chi connectivity index (χ1n) is 10.3. The van der Waals surface area contributed by atoms with Crippen LogP contribution in [0, 0.1) is 0 Å². The molecule has 0 fully saturated rings. The standard InChI is InChI=1S/C25H17BrClN3O4S/c26-17-7-4-6-16(12-17)24(32)28-14-21(31)30-29-13-15-5-3-8-18(11-15)34-25(33)23-22(27)19-9-1-2-10-20(19)35-23/h1-13H,14H2,(H,28,32)(H,30,31). The third kappa shape index (κ3) is 6.33. The van der Waals surface area contributed by atoms with Gasteiger partial charge in [-0.25, -0.2) is 10.2 Å². The molecule has 0 aliphatic carbocycles. The molecular weight excluding hydrogens is 554 g/mol. The normalized spacial score (nSPS) is 10.9. The molecule has 0 atom stereocenters. The second-order valence-corrected chi connectivity index (χ2v) is 9.54. The third-order valence-electron chi connectivity index (χ3n) is 4.69. The summed E-state index contributed by atoms with van der Waals surface area (Å²) in [6.45, 7) is -0.240. The third-order valence-corrected chi connectivity index (χ3v) is 6.84. The van der Waals surface area contributed by atoms with Gasteiger partial charge in [-0.3, -0.25) is 9.59 Å². The Kier molecular flexibility index (Phi) is 7.91. The summed E-state index contributed by atoms with van der Waals surface area (Å²) < 4.78 is 7.14. The first-order valence-corrected chi connectivity index (χ1v) is 12.2. The maximum atomic E-state index is 12.6. The van der Waals surface area contributed by atoms with Crippen molar-refractivity contribution >= 4 is 73.0 Å². The van der Waals surface area contributed by atoms with Crippen LogP contribution < -0.4 is 15.5 Å². The number of nitrogens with zero attached hydrogens (tertiary/aromatic N) is 1. The van der Waals surface area contributed by atoms with Crippen molar-refractivity contribution in [3.05, 3.63) is 98.3 Å². The summed E-state index contributed by atoms with van der Waals surface area (Å²) in [5.41, 5.74) is 3.36. The van der Waals surface area contributed by atoms with E-state index < -0.39 is 11.9 Å². The molecule has 3 aromatic carbocycles. The second kappa shape index (κ2) is 11.3. The molecule has 176 valence electrons. The highest BCUT2D eigenvalue weighted by Gasteiger charge is 2.19. The minimum Gasteiger partial charge on any atom is -0.422 e. The molecule has 35 heavy (non-hydrogen) atoms. The van der Waals surface area contributed by atoms with E-state index in [-0.39, 0.29) is 12.5 Å². The van der Waals surface area contributed by atoms with Gasteiger partial charge in [-0.05, 0) is 42.0 Å². The van der Waals surface area contributed by atoms with Crippen LogP contribution in [0.25, 0.3) is 10.1 Å². The molecule has 0 spiro atoms. The molecule has 0 saturated carbocycles. The molecule has 1 aromatic heterocycles. The number of ether oxygens (including phenoxy) is 1. The van der Waals surface area contributed by atoms with Crippen molar-refractivity contribution in [1.82, 2.24) is 10.7 Å². The fourth-order valence-electron chi connectivity index (χ4n) is 3.07. The van der Waals surface area contributed by atoms with Crippen LogP contribution in [-0.2, 0) is 4.79 Å². The van der Waals surface area contributed by atoms with E-state index in [0.29, 0.717) is 26.8 Å². The molecule has 2 N–H and O–H groups in total.